The van der Waals surface area contributed by atoms with Crippen molar-refractivity contribution in [2.24, 2.45) is 0 Å². The molecule has 0 bridgehead atoms. The molecule has 4 aliphatic rings. The second-order valence-corrected chi connectivity index (χ2v) is 16.9. The summed E-state index contributed by atoms with van der Waals surface area (Å²) in [5, 5.41) is 2.85. The minimum atomic E-state index is -0.140. The van der Waals surface area contributed by atoms with E-state index in [1.54, 1.807) is 0 Å². The van der Waals surface area contributed by atoms with Gasteiger partial charge in [0.2, 0.25) is 0 Å². The molecule has 11 rings (SSSR count). The Morgan fingerprint density at radius 2 is 1.20 bits per heavy atom. The van der Waals surface area contributed by atoms with Crippen molar-refractivity contribution >= 4 is 75.3 Å². The lowest BCUT2D eigenvalue weighted by atomic mass is 9.81. The van der Waals surface area contributed by atoms with E-state index in [-0.39, 0.29) is 11.5 Å². The van der Waals surface area contributed by atoms with Gasteiger partial charge in [0.25, 0.3) is 0 Å². The smallest absolute Gasteiger partial charge is 0.0683 e. The van der Waals surface area contributed by atoms with Crippen molar-refractivity contribution in [2.75, 3.05) is 9.80 Å². The van der Waals surface area contributed by atoms with E-state index >= 15 is 0 Å². The van der Waals surface area contributed by atoms with Gasteiger partial charge in [-0.15, -0.1) is 11.8 Å². The number of hydrogen-bond acceptors (Lipinski definition) is 3. The number of fused-ring (bicyclic) bond motifs is 8. The summed E-state index contributed by atoms with van der Waals surface area (Å²) in [6.45, 7) is 4.78. The van der Waals surface area contributed by atoms with Crippen LogP contribution >= 0.6 is 11.8 Å². The molecule has 56 heavy (non-hydrogen) atoms. The van der Waals surface area contributed by atoms with Crippen molar-refractivity contribution < 1.29 is 0 Å². The summed E-state index contributed by atoms with van der Waals surface area (Å²) in [6, 6.07) is 54.1. The quantitative estimate of drug-likeness (QED) is 0.166. The molecule has 0 amide bonds. The fraction of sp³-hybridized carbons (Fsp3) is 0.0943. The summed E-state index contributed by atoms with van der Waals surface area (Å²) in [5.74, 6) is 0. The van der Waals surface area contributed by atoms with Crippen LogP contribution in [0.25, 0.3) is 46.2 Å². The molecule has 2 aliphatic heterocycles. The lowest BCUT2D eigenvalue weighted by Crippen LogP contribution is -2.41. The van der Waals surface area contributed by atoms with Gasteiger partial charge in [-0.25, -0.2) is 0 Å². The Morgan fingerprint density at radius 1 is 0.554 bits per heavy atom. The van der Waals surface area contributed by atoms with Gasteiger partial charge in [0.05, 0.1) is 34.0 Å². The largest absolute Gasteiger partial charge is 0.332 e. The SMILES string of the molecule is CC1(C)c2cc(C=Cc3cccc4c(N5c6ccccc6C=Cc6ccccc65)cccc34)ccc2-c2ccc(N3c4ccccc4SC4C=CC=CC43)cc21. The fourth-order valence-electron chi connectivity index (χ4n) is 9.36. The maximum Gasteiger partial charge on any atom is 0.0683 e. The van der Waals surface area contributed by atoms with E-state index in [4.69, 9.17) is 0 Å². The minimum Gasteiger partial charge on any atom is -0.332 e. The van der Waals surface area contributed by atoms with Gasteiger partial charge < -0.3 is 9.80 Å². The molecular weight excluding hydrogens is 697 g/mol. The van der Waals surface area contributed by atoms with E-state index < -0.39 is 0 Å². The molecule has 3 heteroatoms. The zero-order chi connectivity index (χ0) is 37.4. The maximum atomic E-state index is 2.56. The average molecular weight is 737 g/mol. The molecular formula is C53H40N2S. The van der Waals surface area contributed by atoms with Crippen molar-refractivity contribution in [1.29, 1.82) is 0 Å². The van der Waals surface area contributed by atoms with E-state index in [9.17, 15) is 0 Å². The van der Waals surface area contributed by atoms with Gasteiger partial charge in [0.15, 0.2) is 0 Å². The molecule has 0 radical (unpaired) electrons. The molecule has 0 fully saturated rings. The van der Waals surface area contributed by atoms with E-state index in [1.807, 2.05) is 11.8 Å². The molecule has 7 aromatic rings. The molecule has 268 valence electrons. The summed E-state index contributed by atoms with van der Waals surface area (Å²) < 4.78 is 0. The van der Waals surface area contributed by atoms with Gasteiger partial charge in [0.1, 0.15) is 0 Å². The van der Waals surface area contributed by atoms with Crippen molar-refractivity contribution in [3.05, 3.63) is 203 Å². The average Bonchev–Trinajstić information content (AvgIpc) is 3.34. The summed E-state index contributed by atoms with van der Waals surface area (Å²) in [5.41, 5.74) is 16.2. The Morgan fingerprint density at radius 3 is 2.00 bits per heavy atom. The minimum absolute atomic E-state index is 0.140. The van der Waals surface area contributed by atoms with Gasteiger partial charge in [-0.2, -0.15) is 0 Å². The van der Waals surface area contributed by atoms with E-state index in [0.29, 0.717) is 5.25 Å². The van der Waals surface area contributed by atoms with E-state index in [0.717, 1.165) is 0 Å². The first-order chi connectivity index (χ1) is 27.5. The number of thioether (sulfide) groups is 1. The van der Waals surface area contributed by atoms with Crippen LogP contribution in [-0.4, -0.2) is 11.3 Å². The van der Waals surface area contributed by atoms with Crippen molar-refractivity contribution in [3.63, 3.8) is 0 Å². The highest BCUT2D eigenvalue weighted by Gasteiger charge is 2.38. The highest BCUT2D eigenvalue weighted by atomic mass is 32.2. The topological polar surface area (TPSA) is 6.48 Å². The zero-order valence-corrected chi connectivity index (χ0v) is 32.2. The van der Waals surface area contributed by atoms with Crippen LogP contribution in [0, 0.1) is 0 Å². The number of rotatable bonds is 4. The molecule has 0 saturated carbocycles. The first-order valence-corrected chi connectivity index (χ1v) is 20.5. The van der Waals surface area contributed by atoms with Crippen LogP contribution in [-0.2, 0) is 5.41 Å². The lowest BCUT2D eigenvalue weighted by molar-refractivity contribution is 0.659. The molecule has 2 aliphatic carbocycles. The summed E-state index contributed by atoms with van der Waals surface area (Å²) in [6.07, 6.45) is 18.2. The molecule has 0 aromatic heterocycles. The Bertz CT molecular complexity index is 2810. The number of para-hydroxylation sites is 3. The second kappa shape index (κ2) is 12.9. The summed E-state index contributed by atoms with van der Waals surface area (Å²) in [7, 11) is 0. The second-order valence-electron chi connectivity index (χ2n) is 15.7. The Hall–Kier alpha value is -6.29. The number of benzene rings is 7. The van der Waals surface area contributed by atoms with Gasteiger partial charge in [-0.05, 0) is 92.4 Å². The number of anilines is 5. The van der Waals surface area contributed by atoms with Crippen molar-refractivity contribution in [1.82, 2.24) is 0 Å². The van der Waals surface area contributed by atoms with Crippen LogP contribution in [0.4, 0.5) is 28.4 Å². The maximum absolute atomic E-state index is 2.56. The Kier molecular flexibility index (Phi) is 7.62. The first kappa shape index (κ1) is 33.1. The molecule has 0 saturated heterocycles. The third-order valence-corrected chi connectivity index (χ3v) is 13.4. The van der Waals surface area contributed by atoms with Crippen LogP contribution in [0.2, 0.25) is 0 Å². The van der Waals surface area contributed by atoms with Gasteiger partial charge in [0, 0.05) is 21.4 Å². The summed E-state index contributed by atoms with van der Waals surface area (Å²) >= 11 is 1.97. The highest BCUT2D eigenvalue weighted by molar-refractivity contribution is 8.00. The molecule has 0 spiro atoms. The number of allylic oxidation sites excluding steroid dienone is 2. The van der Waals surface area contributed by atoms with Crippen LogP contribution in [0.1, 0.15) is 47.2 Å². The van der Waals surface area contributed by atoms with E-state index in [2.05, 4.69) is 218 Å². The first-order valence-electron chi connectivity index (χ1n) is 19.6. The van der Waals surface area contributed by atoms with Gasteiger partial charge in [-0.3, -0.25) is 0 Å². The molecule has 0 N–H and O–H groups in total. The normalized spacial score (nSPS) is 18.2. The monoisotopic (exact) mass is 736 g/mol. The zero-order valence-electron chi connectivity index (χ0n) is 31.4. The summed E-state index contributed by atoms with van der Waals surface area (Å²) in [4.78, 5) is 6.32. The lowest BCUT2D eigenvalue weighted by Gasteiger charge is -2.42. The Balaban J connectivity index is 0.945. The molecule has 7 aromatic carbocycles. The van der Waals surface area contributed by atoms with Crippen LogP contribution in [0.3, 0.4) is 0 Å². The fourth-order valence-corrected chi connectivity index (χ4v) is 10.6. The van der Waals surface area contributed by atoms with Crippen LogP contribution in [0.15, 0.2) is 175 Å². The third-order valence-electron chi connectivity index (χ3n) is 12.1. The van der Waals surface area contributed by atoms with Crippen LogP contribution in [0.5, 0.6) is 0 Å². The molecule has 2 nitrogen and oxygen atoms in total. The van der Waals surface area contributed by atoms with Crippen molar-refractivity contribution in [3.8, 4) is 11.1 Å². The molecule has 2 heterocycles. The predicted molar refractivity (Wildman–Crippen MR) is 241 cm³/mol. The standard InChI is InChI=1S/C53H40N2S/c1-53(2)44-33-35(26-31-41(44)42-32-30-39(34-45(42)53)54-49-20-7-9-23-51(49)56-52-24-10-8-21-50(52)54)25-27-36-15-11-17-43-40(36)16-12-22-48(43)55-46-18-5-3-13-37(46)28-29-38-14-4-6-19-47(38)55/h3-34,49,51H,1-2H3. The number of nitrogens with zero attached hydrogens (tertiary/aromatic N) is 2. The van der Waals surface area contributed by atoms with Crippen LogP contribution < -0.4 is 9.80 Å². The van der Waals surface area contributed by atoms with E-state index in [1.165, 1.54) is 88.6 Å². The number of hydrogen-bond donors (Lipinski definition) is 0. The van der Waals surface area contributed by atoms with Gasteiger partial charge in [-0.1, -0.05) is 166 Å². The van der Waals surface area contributed by atoms with Gasteiger partial charge >= 0.3 is 0 Å². The predicted octanol–water partition coefficient (Wildman–Crippen LogP) is 14.4. The van der Waals surface area contributed by atoms with Crippen molar-refractivity contribution in [2.45, 2.75) is 35.4 Å². The molecule has 2 atom stereocenters. The third kappa shape index (κ3) is 5.18. The Labute approximate surface area is 333 Å². The molecule has 2 unspecified atom stereocenters. The highest BCUT2D eigenvalue weighted by Crippen LogP contribution is 2.53.